The van der Waals surface area contributed by atoms with Gasteiger partial charge in [-0.05, 0) is 56.9 Å². The highest BCUT2D eigenvalue weighted by molar-refractivity contribution is 5.81. The van der Waals surface area contributed by atoms with Crippen LogP contribution in [-0.2, 0) is 4.79 Å². The molecule has 1 amide bonds. The van der Waals surface area contributed by atoms with Crippen LogP contribution in [0.4, 0.5) is 0 Å². The molecule has 2 atom stereocenters. The highest BCUT2D eigenvalue weighted by atomic mass is 16.5. The Morgan fingerprint density at radius 2 is 1.90 bits per heavy atom. The maximum absolute atomic E-state index is 12.1. The number of nitrogens with one attached hydrogen (secondary N) is 1. The van der Waals surface area contributed by atoms with Crippen molar-refractivity contribution in [3.8, 4) is 5.75 Å². The number of rotatable bonds is 7. The van der Waals surface area contributed by atoms with Crippen molar-refractivity contribution in [2.75, 3.05) is 0 Å². The normalized spacial score (nSPS) is 13.9. The van der Waals surface area contributed by atoms with Crippen LogP contribution in [0.2, 0.25) is 0 Å². The first-order chi connectivity index (χ1) is 9.88. The number of aliphatic hydroxyl groups is 1. The predicted octanol–water partition coefficient (Wildman–Crippen LogP) is 3.12. The SMILES string of the molecule is CCC(CC)NC(=O)C(C)Oc1ccc(C(C)O)cc1C. The summed E-state index contributed by atoms with van der Waals surface area (Å²) in [5.74, 6) is 0.578. The van der Waals surface area contributed by atoms with E-state index < -0.39 is 12.2 Å². The van der Waals surface area contributed by atoms with Crippen molar-refractivity contribution >= 4 is 5.91 Å². The second-order valence-electron chi connectivity index (χ2n) is 5.48. The summed E-state index contributed by atoms with van der Waals surface area (Å²) in [4.78, 5) is 12.1. The number of aryl methyl sites for hydroxylation is 1. The van der Waals surface area contributed by atoms with Crippen molar-refractivity contribution in [2.24, 2.45) is 0 Å². The smallest absolute Gasteiger partial charge is 0.260 e. The largest absolute Gasteiger partial charge is 0.481 e. The highest BCUT2D eigenvalue weighted by Crippen LogP contribution is 2.23. The third-order valence-corrected chi connectivity index (χ3v) is 3.69. The summed E-state index contributed by atoms with van der Waals surface area (Å²) < 4.78 is 5.74. The summed E-state index contributed by atoms with van der Waals surface area (Å²) in [5.41, 5.74) is 1.75. The number of ether oxygens (including phenoxy) is 1. The molecule has 21 heavy (non-hydrogen) atoms. The number of benzene rings is 1. The maximum Gasteiger partial charge on any atom is 0.260 e. The van der Waals surface area contributed by atoms with E-state index in [0.717, 1.165) is 24.0 Å². The van der Waals surface area contributed by atoms with Gasteiger partial charge < -0.3 is 15.2 Å². The Hall–Kier alpha value is -1.55. The van der Waals surface area contributed by atoms with E-state index in [4.69, 9.17) is 4.74 Å². The van der Waals surface area contributed by atoms with Gasteiger partial charge in [0.15, 0.2) is 6.10 Å². The topological polar surface area (TPSA) is 58.6 Å². The molecule has 4 nitrogen and oxygen atoms in total. The van der Waals surface area contributed by atoms with Crippen LogP contribution >= 0.6 is 0 Å². The molecule has 0 radical (unpaired) electrons. The van der Waals surface area contributed by atoms with Gasteiger partial charge in [0, 0.05) is 6.04 Å². The van der Waals surface area contributed by atoms with E-state index in [2.05, 4.69) is 19.2 Å². The molecule has 0 saturated carbocycles. The Kier molecular flexibility index (Phi) is 6.69. The highest BCUT2D eigenvalue weighted by Gasteiger charge is 2.18. The Balaban J connectivity index is 2.70. The molecule has 0 aromatic heterocycles. The molecular formula is C17H27NO3. The van der Waals surface area contributed by atoms with Crippen LogP contribution in [-0.4, -0.2) is 23.2 Å². The third kappa shape index (κ3) is 5.05. The van der Waals surface area contributed by atoms with Crippen LogP contribution in [0, 0.1) is 6.92 Å². The molecule has 4 heteroatoms. The monoisotopic (exact) mass is 293 g/mol. The van der Waals surface area contributed by atoms with E-state index in [0.29, 0.717) is 5.75 Å². The average molecular weight is 293 g/mol. The number of carbonyl (C=O) groups is 1. The Labute approximate surface area is 127 Å². The second-order valence-corrected chi connectivity index (χ2v) is 5.48. The Bertz CT molecular complexity index is 467. The molecule has 0 bridgehead atoms. The average Bonchev–Trinajstić information content (AvgIpc) is 2.46. The number of hydrogen-bond donors (Lipinski definition) is 2. The maximum atomic E-state index is 12.1. The van der Waals surface area contributed by atoms with E-state index in [-0.39, 0.29) is 11.9 Å². The fraction of sp³-hybridized carbons (Fsp3) is 0.588. The zero-order chi connectivity index (χ0) is 16.0. The van der Waals surface area contributed by atoms with Gasteiger partial charge in [0.25, 0.3) is 5.91 Å². The minimum atomic E-state index is -0.540. The molecule has 0 spiro atoms. The van der Waals surface area contributed by atoms with Crippen molar-refractivity contribution < 1.29 is 14.6 Å². The lowest BCUT2D eigenvalue weighted by Crippen LogP contribution is -2.42. The van der Waals surface area contributed by atoms with E-state index in [9.17, 15) is 9.90 Å². The number of carbonyl (C=O) groups excluding carboxylic acids is 1. The van der Waals surface area contributed by atoms with Gasteiger partial charge in [0.1, 0.15) is 5.75 Å². The Morgan fingerprint density at radius 1 is 1.29 bits per heavy atom. The number of amides is 1. The molecule has 0 fully saturated rings. The van der Waals surface area contributed by atoms with Gasteiger partial charge in [-0.3, -0.25) is 4.79 Å². The van der Waals surface area contributed by atoms with Gasteiger partial charge in [-0.1, -0.05) is 19.9 Å². The minimum absolute atomic E-state index is 0.0947. The van der Waals surface area contributed by atoms with Crippen LogP contribution in [0.1, 0.15) is 57.8 Å². The third-order valence-electron chi connectivity index (χ3n) is 3.69. The summed E-state index contributed by atoms with van der Waals surface area (Å²) >= 11 is 0. The van der Waals surface area contributed by atoms with Gasteiger partial charge in [0.2, 0.25) is 0 Å². The number of hydrogen-bond acceptors (Lipinski definition) is 3. The molecule has 0 saturated heterocycles. The van der Waals surface area contributed by atoms with Crippen LogP contribution in [0.15, 0.2) is 18.2 Å². The summed E-state index contributed by atoms with van der Waals surface area (Å²) in [5, 5.41) is 12.5. The molecule has 0 aliphatic rings. The van der Waals surface area contributed by atoms with Gasteiger partial charge in [-0.15, -0.1) is 0 Å². The van der Waals surface area contributed by atoms with Crippen molar-refractivity contribution in [3.05, 3.63) is 29.3 Å². The predicted molar refractivity (Wildman–Crippen MR) is 84.4 cm³/mol. The van der Waals surface area contributed by atoms with Gasteiger partial charge in [-0.2, -0.15) is 0 Å². The van der Waals surface area contributed by atoms with Gasteiger partial charge >= 0.3 is 0 Å². The summed E-state index contributed by atoms with van der Waals surface area (Å²) in [6.07, 6.45) is 0.781. The van der Waals surface area contributed by atoms with Crippen LogP contribution in [0.3, 0.4) is 0 Å². The Morgan fingerprint density at radius 3 is 2.38 bits per heavy atom. The molecule has 1 rings (SSSR count). The molecule has 0 aliphatic carbocycles. The molecular weight excluding hydrogens is 266 g/mol. The molecule has 2 N–H and O–H groups in total. The fourth-order valence-corrected chi connectivity index (χ4v) is 2.12. The van der Waals surface area contributed by atoms with Gasteiger partial charge in [-0.25, -0.2) is 0 Å². The first-order valence-corrected chi connectivity index (χ1v) is 7.64. The molecule has 1 aromatic carbocycles. The first kappa shape index (κ1) is 17.5. The molecule has 0 heterocycles. The lowest BCUT2D eigenvalue weighted by atomic mass is 10.1. The van der Waals surface area contributed by atoms with Crippen molar-refractivity contribution in [1.82, 2.24) is 5.32 Å². The summed E-state index contributed by atoms with van der Waals surface area (Å²) in [6.45, 7) is 9.49. The summed E-state index contributed by atoms with van der Waals surface area (Å²) in [6, 6.07) is 5.70. The van der Waals surface area contributed by atoms with Crippen molar-refractivity contribution in [3.63, 3.8) is 0 Å². The first-order valence-electron chi connectivity index (χ1n) is 7.64. The number of aliphatic hydroxyl groups excluding tert-OH is 1. The van der Waals surface area contributed by atoms with Crippen LogP contribution in [0.25, 0.3) is 0 Å². The van der Waals surface area contributed by atoms with E-state index in [1.54, 1.807) is 19.9 Å². The molecule has 0 aliphatic heterocycles. The standard InChI is InChI=1S/C17H27NO3/c1-6-15(7-2)18-17(20)13(5)21-16-9-8-14(12(4)19)10-11(16)3/h8-10,12-13,15,19H,6-7H2,1-5H3,(H,18,20). The fourth-order valence-electron chi connectivity index (χ4n) is 2.12. The van der Waals surface area contributed by atoms with Crippen molar-refractivity contribution in [2.45, 2.75) is 65.7 Å². The summed E-state index contributed by atoms with van der Waals surface area (Å²) in [7, 11) is 0. The second kappa shape index (κ2) is 8.03. The molecule has 2 unspecified atom stereocenters. The quantitative estimate of drug-likeness (QED) is 0.812. The van der Waals surface area contributed by atoms with E-state index >= 15 is 0 Å². The van der Waals surface area contributed by atoms with Gasteiger partial charge in [0.05, 0.1) is 6.10 Å². The zero-order valence-corrected chi connectivity index (χ0v) is 13.6. The lowest BCUT2D eigenvalue weighted by molar-refractivity contribution is -0.128. The lowest BCUT2D eigenvalue weighted by Gasteiger charge is -2.20. The molecule has 118 valence electrons. The van der Waals surface area contributed by atoms with E-state index in [1.165, 1.54) is 0 Å². The van der Waals surface area contributed by atoms with Crippen LogP contribution < -0.4 is 10.1 Å². The van der Waals surface area contributed by atoms with E-state index in [1.807, 2.05) is 19.1 Å². The molecule has 1 aromatic rings. The van der Waals surface area contributed by atoms with Crippen molar-refractivity contribution in [1.29, 1.82) is 0 Å². The van der Waals surface area contributed by atoms with Crippen LogP contribution in [0.5, 0.6) is 5.75 Å². The zero-order valence-electron chi connectivity index (χ0n) is 13.6. The minimum Gasteiger partial charge on any atom is -0.481 e.